The molecular formula is C32H48N2O6. The maximum atomic E-state index is 12.7. The molecule has 40 heavy (non-hydrogen) atoms. The Bertz CT molecular complexity index is 1240. The molecule has 0 spiro atoms. The Balaban J connectivity index is 0.00000132. The van der Waals surface area contributed by atoms with Crippen LogP contribution in [-0.4, -0.2) is 43.4 Å². The summed E-state index contributed by atoms with van der Waals surface area (Å²) in [5, 5.41) is 0.362. The lowest BCUT2D eigenvalue weighted by molar-refractivity contribution is -0.141. The molecule has 0 atom stereocenters. The van der Waals surface area contributed by atoms with Crippen LogP contribution in [0.2, 0.25) is 0 Å². The number of benzene rings is 2. The summed E-state index contributed by atoms with van der Waals surface area (Å²) in [6.45, 7) is 21.6. The molecule has 3 aromatic rings. The Hall–Kier alpha value is -3.81. The van der Waals surface area contributed by atoms with Gasteiger partial charge in [-0.25, -0.2) is 4.98 Å². The number of aromatic nitrogens is 2. The van der Waals surface area contributed by atoms with Gasteiger partial charge in [0, 0.05) is 24.6 Å². The van der Waals surface area contributed by atoms with Crippen LogP contribution >= 0.6 is 0 Å². The predicted octanol–water partition coefficient (Wildman–Crippen LogP) is 7.44. The summed E-state index contributed by atoms with van der Waals surface area (Å²) in [5.41, 5.74) is 2.67. The highest BCUT2D eigenvalue weighted by atomic mass is 16.6. The predicted molar refractivity (Wildman–Crippen MR) is 165 cm³/mol. The summed E-state index contributed by atoms with van der Waals surface area (Å²) in [6.07, 6.45) is 2.96. The van der Waals surface area contributed by atoms with Gasteiger partial charge in [0.1, 0.15) is 41.7 Å². The van der Waals surface area contributed by atoms with E-state index in [1.807, 2.05) is 45.9 Å². The zero-order valence-corrected chi connectivity index (χ0v) is 26.2. The van der Waals surface area contributed by atoms with Crippen LogP contribution < -0.4 is 19.8 Å². The van der Waals surface area contributed by atoms with Crippen LogP contribution in [-0.2, 0) is 9.53 Å². The summed E-state index contributed by atoms with van der Waals surface area (Å²) in [4.78, 5) is 31.0. The average molecular weight is 557 g/mol. The fourth-order valence-electron chi connectivity index (χ4n) is 3.27. The van der Waals surface area contributed by atoms with E-state index in [9.17, 15) is 9.59 Å². The monoisotopic (exact) mass is 556 g/mol. The number of carbonyl (C=O) groups excluding carboxylic acids is 1. The van der Waals surface area contributed by atoms with Crippen molar-refractivity contribution in [2.24, 2.45) is 5.92 Å². The van der Waals surface area contributed by atoms with Crippen LogP contribution in [0, 0.1) is 19.8 Å². The molecule has 0 fully saturated rings. The first-order chi connectivity index (χ1) is 19.0. The molecule has 1 heterocycles. The van der Waals surface area contributed by atoms with Crippen LogP contribution in [0.3, 0.4) is 0 Å². The number of H-pyrrole nitrogens is 1. The van der Waals surface area contributed by atoms with Gasteiger partial charge in [0.15, 0.2) is 0 Å². The second-order valence-electron chi connectivity index (χ2n) is 9.19. The van der Waals surface area contributed by atoms with Crippen molar-refractivity contribution in [2.45, 2.75) is 68.7 Å². The quantitative estimate of drug-likeness (QED) is 0.175. The molecule has 0 amide bonds. The third-order valence-electron chi connectivity index (χ3n) is 4.86. The molecule has 0 aliphatic carbocycles. The fourth-order valence-corrected chi connectivity index (χ4v) is 3.27. The Labute approximate surface area is 239 Å². The minimum Gasteiger partial charge on any atom is -0.497 e. The van der Waals surface area contributed by atoms with Crippen molar-refractivity contribution in [2.75, 3.05) is 27.4 Å². The van der Waals surface area contributed by atoms with Crippen molar-refractivity contribution >= 4 is 16.9 Å². The van der Waals surface area contributed by atoms with Crippen molar-refractivity contribution in [1.29, 1.82) is 0 Å². The van der Waals surface area contributed by atoms with Crippen molar-refractivity contribution in [1.82, 2.24) is 9.97 Å². The summed E-state index contributed by atoms with van der Waals surface area (Å²) in [6, 6.07) is 7.11. The minimum atomic E-state index is -0.345. The smallest absolute Gasteiger partial charge is 0.302 e. The van der Waals surface area contributed by atoms with Gasteiger partial charge < -0.3 is 23.9 Å². The zero-order valence-electron chi connectivity index (χ0n) is 26.2. The third-order valence-corrected chi connectivity index (χ3v) is 4.86. The summed E-state index contributed by atoms with van der Waals surface area (Å²) in [5.74, 6) is 2.57. The van der Waals surface area contributed by atoms with Crippen molar-refractivity contribution in [3.05, 3.63) is 58.4 Å². The molecule has 1 N–H and O–H groups in total. The summed E-state index contributed by atoms with van der Waals surface area (Å²) >= 11 is 0. The molecule has 0 aliphatic rings. The normalized spacial score (nSPS) is 9.70. The number of hydrogen-bond donors (Lipinski definition) is 1. The van der Waals surface area contributed by atoms with Gasteiger partial charge in [-0.15, -0.1) is 6.58 Å². The average Bonchev–Trinajstić information content (AvgIpc) is 2.92. The minimum absolute atomic E-state index is 0.180. The number of fused-ring (bicyclic) bond motifs is 1. The Morgan fingerprint density at radius 2 is 1.57 bits per heavy atom. The highest BCUT2D eigenvalue weighted by Crippen LogP contribution is 2.31. The number of carbonyl (C=O) groups is 1. The van der Waals surface area contributed by atoms with E-state index >= 15 is 0 Å². The Morgan fingerprint density at radius 1 is 1.02 bits per heavy atom. The second kappa shape index (κ2) is 19.3. The molecule has 222 valence electrons. The Morgan fingerprint density at radius 3 is 2.02 bits per heavy atom. The molecule has 0 bridgehead atoms. The van der Waals surface area contributed by atoms with E-state index in [-0.39, 0.29) is 24.7 Å². The van der Waals surface area contributed by atoms with Gasteiger partial charge in [0.25, 0.3) is 5.56 Å². The summed E-state index contributed by atoms with van der Waals surface area (Å²) < 4.78 is 21.3. The van der Waals surface area contributed by atoms with Gasteiger partial charge in [-0.3, -0.25) is 9.59 Å². The number of hydrogen-bond acceptors (Lipinski definition) is 7. The molecule has 2 aromatic carbocycles. The molecule has 0 saturated heterocycles. The van der Waals surface area contributed by atoms with E-state index in [2.05, 4.69) is 44.2 Å². The maximum Gasteiger partial charge on any atom is 0.302 e. The standard InChI is InChI=1S/C22H24N2O6.C4H10.C4H8.C2H6/c1-12-8-15(9-13(2)20(12)30-7-6-29-14(3)25)21-23-17-10-16(27-4)11-18(28-5)19(17)22(26)24-21;1-4(2)3;1-3-4-2;1-2/h8-11H,6-7H2,1-5H3,(H,23,24,26);4H,1-3H3;3H,1,4H2,2H3;1-2H3. The van der Waals surface area contributed by atoms with E-state index in [0.29, 0.717) is 34.0 Å². The summed E-state index contributed by atoms with van der Waals surface area (Å²) in [7, 11) is 3.04. The highest BCUT2D eigenvalue weighted by Gasteiger charge is 2.15. The van der Waals surface area contributed by atoms with E-state index in [1.165, 1.54) is 14.0 Å². The number of esters is 1. The van der Waals surface area contributed by atoms with Crippen LogP contribution in [0.5, 0.6) is 17.2 Å². The number of rotatable bonds is 8. The Kier molecular flexibility index (Phi) is 17.4. The van der Waals surface area contributed by atoms with E-state index < -0.39 is 0 Å². The van der Waals surface area contributed by atoms with E-state index in [0.717, 1.165) is 29.0 Å². The molecule has 0 unspecified atom stereocenters. The number of nitrogens with zero attached hydrogens (tertiary/aromatic N) is 1. The SMILES string of the molecule is C=CCC.CC.CC(C)C.COc1cc(OC)c2c(=O)[nH]c(-c3cc(C)c(OCCOC(C)=O)c(C)c3)nc2c1. The lowest BCUT2D eigenvalue weighted by Crippen LogP contribution is -2.12. The molecule has 0 aliphatic heterocycles. The van der Waals surface area contributed by atoms with Crippen molar-refractivity contribution < 1.29 is 23.7 Å². The molecule has 0 radical (unpaired) electrons. The molecule has 3 rings (SSSR count). The molecule has 8 nitrogen and oxygen atoms in total. The molecule has 1 aromatic heterocycles. The van der Waals surface area contributed by atoms with Gasteiger partial charge in [-0.2, -0.15) is 0 Å². The van der Waals surface area contributed by atoms with Crippen molar-refractivity contribution in [3.8, 4) is 28.6 Å². The van der Waals surface area contributed by atoms with Crippen molar-refractivity contribution in [3.63, 3.8) is 0 Å². The number of nitrogens with one attached hydrogen (secondary N) is 1. The third kappa shape index (κ3) is 11.9. The molecular weight excluding hydrogens is 508 g/mol. The lowest BCUT2D eigenvalue weighted by Gasteiger charge is -2.14. The number of methoxy groups -OCH3 is 2. The van der Waals surface area contributed by atoms with E-state index in [1.54, 1.807) is 19.2 Å². The van der Waals surface area contributed by atoms with Crippen LogP contribution in [0.25, 0.3) is 22.3 Å². The first-order valence-corrected chi connectivity index (χ1v) is 13.6. The highest BCUT2D eigenvalue weighted by molar-refractivity contribution is 5.87. The van der Waals surface area contributed by atoms with E-state index in [4.69, 9.17) is 18.9 Å². The van der Waals surface area contributed by atoms with Gasteiger partial charge in [0.2, 0.25) is 0 Å². The van der Waals surface area contributed by atoms with Crippen LogP contribution in [0.4, 0.5) is 0 Å². The number of aryl methyl sites for hydroxylation is 2. The topological polar surface area (TPSA) is 99.7 Å². The van der Waals surface area contributed by atoms with Crippen LogP contribution in [0.15, 0.2) is 41.7 Å². The first-order valence-electron chi connectivity index (χ1n) is 13.6. The lowest BCUT2D eigenvalue weighted by atomic mass is 10.0. The molecule has 0 saturated carbocycles. The number of allylic oxidation sites excluding steroid dienone is 1. The second-order valence-corrected chi connectivity index (χ2v) is 9.19. The molecule has 8 heteroatoms. The largest absolute Gasteiger partial charge is 0.497 e. The first kappa shape index (κ1) is 36.2. The van der Waals surface area contributed by atoms with Gasteiger partial charge in [0.05, 0.1) is 19.7 Å². The van der Waals surface area contributed by atoms with Gasteiger partial charge in [-0.05, 0) is 49.4 Å². The zero-order chi connectivity index (χ0) is 30.8. The van der Waals surface area contributed by atoms with Crippen LogP contribution in [0.1, 0.15) is 66.0 Å². The van der Waals surface area contributed by atoms with Gasteiger partial charge >= 0.3 is 5.97 Å². The fraction of sp³-hybridized carbons (Fsp3) is 0.469. The van der Waals surface area contributed by atoms with Gasteiger partial charge in [-0.1, -0.05) is 47.6 Å². The number of ether oxygens (including phenoxy) is 4. The number of aromatic amines is 1. The maximum absolute atomic E-state index is 12.7.